The molecule has 0 aliphatic carbocycles. The maximum atomic E-state index is 4.51. The number of nitrogens with one attached hydrogen (secondary N) is 1. The van der Waals surface area contributed by atoms with Crippen LogP contribution in [0.25, 0.3) is 0 Å². The Morgan fingerprint density at radius 1 is 1.47 bits per heavy atom. The van der Waals surface area contributed by atoms with Crippen molar-refractivity contribution in [3.63, 3.8) is 0 Å². The van der Waals surface area contributed by atoms with Crippen LogP contribution in [-0.2, 0) is 6.54 Å². The summed E-state index contributed by atoms with van der Waals surface area (Å²) >= 11 is 0. The first-order chi connectivity index (χ1) is 8.29. The second-order valence-corrected chi connectivity index (χ2v) is 4.94. The van der Waals surface area contributed by atoms with Crippen LogP contribution in [0.3, 0.4) is 0 Å². The van der Waals surface area contributed by atoms with E-state index in [2.05, 4.69) is 41.2 Å². The van der Waals surface area contributed by atoms with Gasteiger partial charge >= 0.3 is 0 Å². The Balaban J connectivity index is 1.98. The lowest BCUT2D eigenvalue weighted by Gasteiger charge is -2.27. The summed E-state index contributed by atoms with van der Waals surface area (Å²) in [5.74, 6) is 0. The van der Waals surface area contributed by atoms with Gasteiger partial charge in [-0.2, -0.15) is 0 Å². The SMILES string of the molecule is CCCN(Cc1ccc(C)cn1)C1CCNC1. The van der Waals surface area contributed by atoms with Crippen molar-refractivity contribution in [1.82, 2.24) is 15.2 Å². The molecule has 0 saturated carbocycles. The van der Waals surface area contributed by atoms with E-state index in [1.807, 2.05) is 6.20 Å². The van der Waals surface area contributed by atoms with Gasteiger partial charge in [0.1, 0.15) is 0 Å². The van der Waals surface area contributed by atoms with Gasteiger partial charge in [0.15, 0.2) is 0 Å². The topological polar surface area (TPSA) is 28.2 Å². The number of rotatable bonds is 5. The van der Waals surface area contributed by atoms with E-state index in [9.17, 15) is 0 Å². The van der Waals surface area contributed by atoms with Crippen LogP contribution in [0.15, 0.2) is 18.3 Å². The summed E-state index contributed by atoms with van der Waals surface area (Å²) < 4.78 is 0. The molecule has 1 aromatic heterocycles. The molecule has 1 N–H and O–H groups in total. The molecule has 2 rings (SSSR count). The molecule has 0 spiro atoms. The molecule has 17 heavy (non-hydrogen) atoms. The fourth-order valence-corrected chi connectivity index (χ4v) is 2.43. The van der Waals surface area contributed by atoms with Crippen LogP contribution in [0.5, 0.6) is 0 Å². The number of pyridine rings is 1. The highest BCUT2D eigenvalue weighted by Gasteiger charge is 2.21. The lowest BCUT2D eigenvalue weighted by Crippen LogP contribution is -2.37. The van der Waals surface area contributed by atoms with Gasteiger partial charge in [0.25, 0.3) is 0 Å². The Hall–Kier alpha value is -0.930. The van der Waals surface area contributed by atoms with Crippen LogP contribution < -0.4 is 5.32 Å². The van der Waals surface area contributed by atoms with E-state index >= 15 is 0 Å². The van der Waals surface area contributed by atoms with E-state index < -0.39 is 0 Å². The van der Waals surface area contributed by atoms with E-state index in [4.69, 9.17) is 0 Å². The largest absolute Gasteiger partial charge is 0.315 e. The fourth-order valence-electron chi connectivity index (χ4n) is 2.43. The molecule has 1 aliphatic heterocycles. The second-order valence-electron chi connectivity index (χ2n) is 4.94. The molecule has 1 saturated heterocycles. The van der Waals surface area contributed by atoms with Crippen molar-refractivity contribution in [1.29, 1.82) is 0 Å². The van der Waals surface area contributed by atoms with Gasteiger partial charge in [-0.05, 0) is 44.5 Å². The van der Waals surface area contributed by atoms with Gasteiger partial charge in [-0.3, -0.25) is 9.88 Å². The van der Waals surface area contributed by atoms with Gasteiger partial charge < -0.3 is 5.32 Å². The molecule has 1 unspecified atom stereocenters. The third-order valence-electron chi connectivity index (χ3n) is 3.40. The number of hydrogen-bond acceptors (Lipinski definition) is 3. The molecule has 3 heteroatoms. The maximum Gasteiger partial charge on any atom is 0.0544 e. The van der Waals surface area contributed by atoms with E-state index in [0.717, 1.165) is 19.6 Å². The third-order valence-corrected chi connectivity index (χ3v) is 3.40. The maximum absolute atomic E-state index is 4.51. The molecule has 3 nitrogen and oxygen atoms in total. The number of aromatic nitrogens is 1. The van der Waals surface area contributed by atoms with Gasteiger partial charge in [0.2, 0.25) is 0 Å². The Morgan fingerprint density at radius 3 is 2.94 bits per heavy atom. The summed E-state index contributed by atoms with van der Waals surface area (Å²) in [6.07, 6.45) is 4.45. The molecule has 1 aliphatic rings. The minimum absolute atomic E-state index is 0.693. The minimum Gasteiger partial charge on any atom is -0.315 e. The van der Waals surface area contributed by atoms with Crippen LogP contribution in [0.2, 0.25) is 0 Å². The summed E-state index contributed by atoms with van der Waals surface area (Å²) in [5, 5.41) is 3.44. The lowest BCUT2D eigenvalue weighted by molar-refractivity contribution is 0.197. The summed E-state index contributed by atoms with van der Waals surface area (Å²) in [6.45, 7) is 8.78. The van der Waals surface area contributed by atoms with Crippen molar-refractivity contribution >= 4 is 0 Å². The first-order valence-electron chi connectivity index (χ1n) is 6.66. The van der Waals surface area contributed by atoms with Crippen molar-refractivity contribution in [2.75, 3.05) is 19.6 Å². The molecule has 1 aromatic rings. The Labute approximate surface area is 104 Å². The smallest absolute Gasteiger partial charge is 0.0544 e. The number of nitrogens with zero attached hydrogens (tertiary/aromatic N) is 2. The van der Waals surface area contributed by atoms with Gasteiger partial charge in [-0.25, -0.2) is 0 Å². The molecule has 0 bridgehead atoms. The van der Waals surface area contributed by atoms with E-state index in [1.165, 1.54) is 30.6 Å². The molecule has 0 radical (unpaired) electrons. The van der Waals surface area contributed by atoms with Crippen LogP contribution in [-0.4, -0.2) is 35.6 Å². The molecule has 1 atom stereocenters. The zero-order chi connectivity index (χ0) is 12.1. The average Bonchev–Trinajstić information content (AvgIpc) is 2.85. The Morgan fingerprint density at radius 2 is 2.35 bits per heavy atom. The normalized spacial score (nSPS) is 20.1. The van der Waals surface area contributed by atoms with Crippen LogP contribution in [0.1, 0.15) is 31.0 Å². The predicted molar refractivity (Wildman–Crippen MR) is 70.9 cm³/mol. The zero-order valence-corrected chi connectivity index (χ0v) is 10.9. The first-order valence-corrected chi connectivity index (χ1v) is 6.66. The molecule has 2 heterocycles. The summed E-state index contributed by atoms with van der Waals surface area (Å²) in [7, 11) is 0. The Kier molecular flexibility index (Phi) is 4.51. The quantitative estimate of drug-likeness (QED) is 0.842. The fraction of sp³-hybridized carbons (Fsp3) is 0.643. The van der Waals surface area contributed by atoms with Crippen LogP contribution in [0.4, 0.5) is 0 Å². The van der Waals surface area contributed by atoms with E-state index in [1.54, 1.807) is 0 Å². The molecule has 0 amide bonds. The van der Waals surface area contributed by atoms with Crippen molar-refractivity contribution in [2.24, 2.45) is 0 Å². The summed E-state index contributed by atoms with van der Waals surface area (Å²) in [6, 6.07) is 5.00. The molecule has 0 aromatic carbocycles. The van der Waals surface area contributed by atoms with Gasteiger partial charge in [-0.1, -0.05) is 13.0 Å². The highest BCUT2D eigenvalue weighted by molar-refractivity contribution is 5.12. The highest BCUT2D eigenvalue weighted by atomic mass is 15.2. The number of hydrogen-bond donors (Lipinski definition) is 1. The third kappa shape index (κ3) is 3.51. The molecular formula is C14H23N3. The zero-order valence-electron chi connectivity index (χ0n) is 10.9. The van der Waals surface area contributed by atoms with Crippen molar-refractivity contribution in [3.05, 3.63) is 29.6 Å². The van der Waals surface area contributed by atoms with Crippen molar-refractivity contribution < 1.29 is 0 Å². The summed E-state index contributed by atoms with van der Waals surface area (Å²) in [4.78, 5) is 7.08. The highest BCUT2D eigenvalue weighted by Crippen LogP contribution is 2.13. The lowest BCUT2D eigenvalue weighted by atomic mass is 10.2. The monoisotopic (exact) mass is 233 g/mol. The van der Waals surface area contributed by atoms with E-state index in [-0.39, 0.29) is 0 Å². The molecule has 1 fully saturated rings. The van der Waals surface area contributed by atoms with Crippen LogP contribution in [0, 0.1) is 6.92 Å². The van der Waals surface area contributed by atoms with Crippen LogP contribution >= 0.6 is 0 Å². The second kappa shape index (κ2) is 6.12. The standard InChI is InChI=1S/C14H23N3/c1-3-8-17(14-6-7-15-10-14)11-13-5-4-12(2)9-16-13/h4-5,9,14-15H,3,6-8,10-11H2,1-2H3. The van der Waals surface area contributed by atoms with Gasteiger partial charge in [-0.15, -0.1) is 0 Å². The average molecular weight is 233 g/mol. The van der Waals surface area contributed by atoms with E-state index in [0.29, 0.717) is 6.04 Å². The minimum atomic E-state index is 0.693. The molecule has 94 valence electrons. The predicted octanol–water partition coefficient (Wildman–Crippen LogP) is 1.96. The summed E-state index contributed by atoms with van der Waals surface area (Å²) in [5.41, 5.74) is 2.43. The molecular weight excluding hydrogens is 210 g/mol. The van der Waals surface area contributed by atoms with Crippen molar-refractivity contribution in [3.8, 4) is 0 Å². The van der Waals surface area contributed by atoms with Crippen molar-refractivity contribution in [2.45, 2.75) is 39.3 Å². The first kappa shape index (κ1) is 12.5. The number of aryl methyl sites for hydroxylation is 1. The van der Waals surface area contributed by atoms with Gasteiger partial charge in [0, 0.05) is 25.3 Å². The Bertz CT molecular complexity index is 328. The van der Waals surface area contributed by atoms with Gasteiger partial charge in [0.05, 0.1) is 5.69 Å².